The molecule has 2 amide bonds. The molecule has 0 saturated carbocycles. The van der Waals surface area contributed by atoms with E-state index in [2.05, 4.69) is 47.8 Å². The fraction of sp³-hybridized carbons (Fsp3) is 0.667. The van der Waals surface area contributed by atoms with Gasteiger partial charge in [-0.25, -0.2) is 19.0 Å². The van der Waals surface area contributed by atoms with E-state index in [1.807, 2.05) is 48.5 Å². The Hall–Kier alpha value is -5.06. The molecular weight excluding hydrogens is 961 g/mol. The van der Waals surface area contributed by atoms with Crippen molar-refractivity contribution in [2.24, 2.45) is 0 Å². The van der Waals surface area contributed by atoms with Crippen LogP contribution < -0.4 is 25.5 Å². The molecule has 2 aliphatic rings. The van der Waals surface area contributed by atoms with Crippen LogP contribution >= 0.6 is 0 Å². The molecule has 2 aromatic carbocycles. The first kappa shape index (κ1) is 64.5. The van der Waals surface area contributed by atoms with Gasteiger partial charge in [0.1, 0.15) is 24.5 Å². The van der Waals surface area contributed by atoms with Gasteiger partial charge in [0, 0.05) is 54.0 Å². The van der Waals surface area contributed by atoms with Crippen molar-refractivity contribution >= 4 is 34.8 Å². The first-order valence-electron chi connectivity index (χ1n) is 31.3. The van der Waals surface area contributed by atoms with Crippen LogP contribution in [0.15, 0.2) is 65.1 Å². The van der Waals surface area contributed by atoms with Crippen molar-refractivity contribution in [3.63, 3.8) is 0 Å². The summed E-state index contributed by atoms with van der Waals surface area (Å²) in [7, 11) is 0. The highest BCUT2D eigenvalue weighted by Gasteiger charge is 2.23. The van der Waals surface area contributed by atoms with Crippen molar-refractivity contribution in [2.75, 3.05) is 57.4 Å². The molecule has 11 heteroatoms. The molecule has 1 aliphatic heterocycles. The van der Waals surface area contributed by atoms with Crippen LogP contribution in [0.2, 0.25) is 0 Å². The summed E-state index contributed by atoms with van der Waals surface area (Å²) in [5.74, 6) is -0.404. The number of anilines is 1. The number of nitrogens with one attached hydrogen (secondary N) is 2. The Balaban J connectivity index is 1.24. The molecule has 0 atom stereocenters. The molecule has 0 saturated heterocycles. The van der Waals surface area contributed by atoms with Gasteiger partial charge in [-0.1, -0.05) is 225 Å². The molecule has 1 heterocycles. The molecule has 0 bridgehead atoms. The molecular formula is C66H105N4O7+. The third-order valence-electron chi connectivity index (χ3n) is 15.4. The van der Waals surface area contributed by atoms with E-state index in [4.69, 9.17) is 13.9 Å². The van der Waals surface area contributed by atoms with E-state index >= 15 is 0 Å². The number of carboxylic acid groups (broad SMARTS) is 1. The molecule has 4 rings (SSSR count). The van der Waals surface area contributed by atoms with Gasteiger partial charge in [-0.15, -0.1) is 0 Å². The zero-order valence-corrected chi connectivity index (χ0v) is 48.8. The highest BCUT2D eigenvalue weighted by atomic mass is 16.6. The molecule has 2 aromatic rings. The molecule has 430 valence electrons. The monoisotopic (exact) mass is 1070 g/mol. The van der Waals surface area contributed by atoms with E-state index in [-0.39, 0.29) is 18.8 Å². The Morgan fingerprint density at radius 1 is 0.532 bits per heavy atom. The van der Waals surface area contributed by atoms with Crippen molar-refractivity contribution in [3.8, 4) is 22.5 Å². The minimum atomic E-state index is -1.01. The van der Waals surface area contributed by atoms with Crippen LogP contribution in [-0.2, 0) is 9.47 Å². The van der Waals surface area contributed by atoms with E-state index in [0.29, 0.717) is 56.2 Å². The van der Waals surface area contributed by atoms with Crippen molar-refractivity contribution in [1.82, 2.24) is 15.2 Å². The van der Waals surface area contributed by atoms with Gasteiger partial charge < -0.3 is 34.5 Å². The highest BCUT2D eigenvalue weighted by molar-refractivity contribution is 6.07. The summed E-state index contributed by atoms with van der Waals surface area (Å²) in [6, 6.07) is 19.1. The third kappa shape index (κ3) is 26.0. The van der Waals surface area contributed by atoms with Gasteiger partial charge in [0.05, 0.1) is 18.2 Å². The Bertz CT molecular complexity index is 2260. The topological polar surface area (TPSA) is 133 Å². The predicted molar refractivity (Wildman–Crippen MR) is 322 cm³/mol. The lowest BCUT2D eigenvalue weighted by Crippen LogP contribution is -2.34. The van der Waals surface area contributed by atoms with Crippen molar-refractivity contribution in [1.29, 1.82) is 0 Å². The zero-order valence-electron chi connectivity index (χ0n) is 48.8. The van der Waals surface area contributed by atoms with Gasteiger partial charge in [-0.05, 0) is 56.5 Å². The molecule has 1 aliphatic carbocycles. The number of alkyl carbamates (subject to hydrolysis) is 2. The third-order valence-corrected chi connectivity index (χ3v) is 15.4. The molecule has 0 aromatic heterocycles. The maximum atomic E-state index is 12.6. The Morgan fingerprint density at radius 2 is 1.00 bits per heavy atom. The maximum Gasteiger partial charge on any atom is 0.407 e. The van der Waals surface area contributed by atoms with Crippen LogP contribution in [0.5, 0.6) is 0 Å². The average molecular weight is 1070 g/mol. The summed E-state index contributed by atoms with van der Waals surface area (Å²) in [6.07, 6.45) is 41.3. The van der Waals surface area contributed by atoms with E-state index in [9.17, 15) is 19.5 Å². The van der Waals surface area contributed by atoms with Gasteiger partial charge in [-0.2, -0.15) is 0 Å². The van der Waals surface area contributed by atoms with E-state index in [1.165, 1.54) is 180 Å². The van der Waals surface area contributed by atoms with Crippen LogP contribution in [0.1, 0.15) is 244 Å². The van der Waals surface area contributed by atoms with Gasteiger partial charge in [-0.3, -0.25) is 0 Å². The second kappa shape index (κ2) is 41.1. The number of benzene rings is 3. The molecule has 0 fully saturated rings. The second-order valence-corrected chi connectivity index (χ2v) is 21.6. The lowest BCUT2D eigenvalue weighted by atomic mass is 9.90. The Morgan fingerprint density at radius 3 is 1.47 bits per heavy atom. The summed E-state index contributed by atoms with van der Waals surface area (Å²) in [6.45, 7) is 12.7. The van der Waals surface area contributed by atoms with Crippen molar-refractivity contribution in [2.45, 2.75) is 233 Å². The van der Waals surface area contributed by atoms with E-state index in [0.717, 1.165) is 53.2 Å². The van der Waals surface area contributed by atoms with Gasteiger partial charge in [0.15, 0.2) is 13.2 Å². The summed E-state index contributed by atoms with van der Waals surface area (Å²) in [5, 5.41) is 17.9. The summed E-state index contributed by atoms with van der Waals surface area (Å²) in [4.78, 5) is 40.0. The molecule has 77 heavy (non-hydrogen) atoms. The number of likely N-dealkylation sites (N-methyl/N-ethyl adjacent to an activating group) is 2. The number of aromatic carboxylic acids is 1. The van der Waals surface area contributed by atoms with Crippen LogP contribution in [0.25, 0.3) is 33.4 Å². The van der Waals surface area contributed by atoms with Gasteiger partial charge in [0.2, 0.25) is 5.36 Å². The number of rotatable bonds is 45. The van der Waals surface area contributed by atoms with E-state index < -0.39 is 18.2 Å². The normalized spacial score (nSPS) is 11.8. The summed E-state index contributed by atoms with van der Waals surface area (Å²) < 4.78 is 20.1. The summed E-state index contributed by atoms with van der Waals surface area (Å²) in [5.41, 5.74) is 3.87. The number of fused-ring (bicyclic) bond motifs is 2. The number of ether oxygens (including phenoxy) is 2. The van der Waals surface area contributed by atoms with Crippen LogP contribution in [0.4, 0.5) is 15.3 Å². The van der Waals surface area contributed by atoms with Crippen LogP contribution in [0, 0.1) is 0 Å². The highest BCUT2D eigenvalue weighted by Crippen LogP contribution is 2.42. The Labute approximate surface area is 466 Å². The number of amides is 2. The SMILES string of the molecule is CCCCCCCCCCCCCCCCCCNC(=O)OCCN(CC)c1ccc2c(-c3ccccc3C(=O)O)c3ccc(=[N+](CC)CCOC(=O)NCCCCCCCCCCCCCCCCCC)cc-3oc2c1. The molecule has 0 spiro atoms. The summed E-state index contributed by atoms with van der Waals surface area (Å²) >= 11 is 0. The van der Waals surface area contributed by atoms with Crippen LogP contribution in [-0.4, -0.2) is 75.7 Å². The molecule has 0 radical (unpaired) electrons. The largest absolute Gasteiger partial charge is 0.478 e. The maximum absolute atomic E-state index is 12.6. The molecule has 0 unspecified atom stereocenters. The standard InChI is InChI=1S/C66H104N4O7/c1-5-9-11-13-15-17-19-21-23-25-27-29-31-33-35-39-47-67-65(73)75-51-49-69(7-3)55-43-45-59-61(53-55)77-62-54-56(44-46-60(62)63(59)57-41-37-38-42-58(57)64(71)72)70(8-4)50-52-76-66(74)68-48-40-36-34-32-30-28-26-24-22-20-18-16-14-12-10-6-2/h37-38,41-46,53-54H,5-36,39-40,47-52H2,1-4H3,(H2-,67,68,71,72,73,74)/p+1. The number of carboxylic acids is 1. The van der Waals surface area contributed by atoms with Crippen molar-refractivity contribution in [3.05, 3.63) is 71.6 Å². The Kier molecular flexibility index (Phi) is 34.4. The zero-order chi connectivity index (χ0) is 55.0. The predicted octanol–water partition coefficient (Wildman–Crippen LogP) is 17.5. The lowest BCUT2D eigenvalue weighted by molar-refractivity contribution is 0.0697. The second-order valence-electron chi connectivity index (χ2n) is 21.6. The minimum Gasteiger partial charge on any atom is -0.478 e. The minimum absolute atomic E-state index is 0.204. The fourth-order valence-corrected chi connectivity index (χ4v) is 10.7. The number of hydrogen-bond acceptors (Lipinski definition) is 7. The first-order valence-corrected chi connectivity index (χ1v) is 31.3. The van der Waals surface area contributed by atoms with Gasteiger partial charge in [0.25, 0.3) is 0 Å². The number of hydrogen-bond donors (Lipinski definition) is 3. The molecule has 3 N–H and O–H groups in total. The van der Waals surface area contributed by atoms with E-state index in [1.54, 1.807) is 12.1 Å². The number of carbonyl (C=O) groups excluding carboxylic acids is 2. The number of carbonyl (C=O) groups is 3. The van der Waals surface area contributed by atoms with Crippen molar-refractivity contribution < 1.29 is 33.4 Å². The first-order chi connectivity index (χ1) is 37.8. The lowest BCUT2D eigenvalue weighted by Gasteiger charge is -2.24. The fourth-order valence-electron chi connectivity index (χ4n) is 10.7. The molecule has 11 nitrogen and oxygen atoms in total. The average Bonchev–Trinajstić information content (AvgIpc) is 3.46. The van der Waals surface area contributed by atoms with Crippen LogP contribution in [0.3, 0.4) is 0 Å². The number of nitrogens with zero attached hydrogens (tertiary/aromatic N) is 2. The smallest absolute Gasteiger partial charge is 0.407 e. The van der Waals surface area contributed by atoms with Gasteiger partial charge >= 0.3 is 18.2 Å². The quantitative estimate of drug-likeness (QED) is 0.0226. The number of unbranched alkanes of at least 4 members (excludes halogenated alkanes) is 30.